The van der Waals surface area contributed by atoms with Gasteiger partial charge >= 0.3 is 0 Å². The van der Waals surface area contributed by atoms with E-state index in [0.717, 1.165) is 20.3 Å². The van der Waals surface area contributed by atoms with Crippen molar-refractivity contribution in [1.29, 1.82) is 0 Å². The number of fused-ring (bicyclic) bond motifs is 1. The fraction of sp³-hybridized carbons (Fsp3) is 0.125. The van der Waals surface area contributed by atoms with Crippen LogP contribution in [0.15, 0.2) is 22.7 Å². The number of nitrogens with zero attached hydrogens (tertiary/aromatic N) is 1. The molecule has 5 heteroatoms. The Labute approximate surface area is 87.6 Å². The minimum absolute atomic E-state index is 0.385. The number of rotatable bonds is 2. The molecule has 0 aliphatic rings. The van der Waals surface area contributed by atoms with Crippen molar-refractivity contribution in [2.45, 2.75) is 6.54 Å². The summed E-state index contributed by atoms with van der Waals surface area (Å²) in [6.45, 7) is 0.385. The Balaban J connectivity index is 2.58. The van der Waals surface area contributed by atoms with Crippen LogP contribution in [-0.4, -0.2) is 9.58 Å². The zero-order chi connectivity index (χ0) is 9.26. The lowest BCUT2D eigenvalue weighted by Crippen LogP contribution is -2.06. The van der Waals surface area contributed by atoms with Crippen LogP contribution in [0.5, 0.6) is 0 Å². The predicted octanol–water partition coefficient (Wildman–Crippen LogP) is 2.54. The molecule has 0 amide bonds. The van der Waals surface area contributed by atoms with Crippen molar-refractivity contribution in [3.05, 3.63) is 28.4 Å². The molecule has 0 atom stereocenters. The van der Waals surface area contributed by atoms with E-state index in [1.54, 1.807) is 0 Å². The highest BCUT2D eigenvalue weighted by Crippen LogP contribution is 2.25. The lowest BCUT2D eigenvalue weighted by Gasteiger charge is -1.95. The van der Waals surface area contributed by atoms with E-state index in [-0.39, 0.29) is 0 Å². The summed E-state index contributed by atoms with van der Waals surface area (Å²) in [5, 5.41) is 9.65. The van der Waals surface area contributed by atoms with E-state index >= 15 is 0 Å². The van der Waals surface area contributed by atoms with Crippen LogP contribution in [0.2, 0.25) is 0 Å². The number of hydroxylamine groups is 1. The van der Waals surface area contributed by atoms with Crippen LogP contribution in [-0.2, 0) is 6.54 Å². The van der Waals surface area contributed by atoms with E-state index in [2.05, 4.69) is 25.8 Å². The molecule has 0 fully saturated rings. The fourth-order valence-corrected chi connectivity index (χ4v) is 2.30. The van der Waals surface area contributed by atoms with Gasteiger partial charge in [-0.2, -0.15) is 9.85 Å². The van der Waals surface area contributed by atoms with Crippen molar-refractivity contribution < 1.29 is 5.21 Å². The first-order chi connectivity index (χ1) is 6.31. The monoisotopic (exact) mass is 258 g/mol. The molecule has 0 saturated heterocycles. The molecule has 0 spiro atoms. The van der Waals surface area contributed by atoms with Crippen LogP contribution in [0.3, 0.4) is 0 Å². The smallest absolute Gasteiger partial charge is 0.0782 e. The summed E-state index contributed by atoms with van der Waals surface area (Å²) >= 11 is 4.84. The van der Waals surface area contributed by atoms with E-state index in [1.165, 1.54) is 11.5 Å². The Morgan fingerprint density at radius 3 is 3.15 bits per heavy atom. The second-order valence-electron chi connectivity index (χ2n) is 2.60. The normalized spacial score (nSPS) is 10.9. The summed E-state index contributed by atoms with van der Waals surface area (Å²) < 4.78 is 6.38. The molecule has 13 heavy (non-hydrogen) atoms. The SMILES string of the molecule is ONCc1nsc2ccc(Br)cc12. The van der Waals surface area contributed by atoms with E-state index in [9.17, 15) is 0 Å². The van der Waals surface area contributed by atoms with Gasteiger partial charge in [0.15, 0.2) is 0 Å². The standard InChI is InChI=1S/C8H7BrN2OS/c9-5-1-2-8-6(3-5)7(4-10-12)11-13-8/h1-3,10,12H,4H2. The first-order valence-corrected chi connectivity index (χ1v) is 5.28. The van der Waals surface area contributed by atoms with E-state index < -0.39 is 0 Å². The summed E-state index contributed by atoms with van der Waals surface area (Å²) in [6, 6.07) is 6.00. The van der Waals surface area contributed by atoms with Crippen LogP contribution in [0.4, 0.5) is 0 Å². The third-order valence-electron chi connectivity index (χ3n) is 1.75. The van der Waals surface area contributed by atoms with Gasteiger partial charge in [0.1, 0.15) is 0 Å². The molecule has 0 aliphatic heterocycles. The van der Waals surface area contributed by atoms with Gasteiger partial charge in [0.05, 0.1) is 16.9 Å². The highest BCUT2D eigenvalue weighted by atomic mass is 79.9. The first-order valence-electron chi connectivity index (χ1n) is 3.72. The van der Waals surface area contributed by atoms with Crippen molar-refractivity contribution >= 4 is 37.5 Å². The van der Waals surface area contributed by atoms with Gasteiger partial charge in [-0.25, -0.2) is 0 Å². The Hall–Kier alpha value is -0.490. The summed E-state index contributed by atoms with van der Waals surface area (Å²) in [5.41, 5.74) is 2.99. The van der Waals surface area contributed by atoms with Crippen molar-refractivity contribution in [2.75, 3.05) is 0 Å². The molecule has 0 unspecified atom stereocenters. The van der Waals surface area contributed by atoms with Crippen LogP contribution < -0.4 is 5.48 Å². The minimum atomic E-state index is 0.385. The third-order valence-corrected chi connectivity index (χ3v) is 3.11. The predicted molar refractivity (Wildman–Crippen MR) is 55.9 cm³/mol. The van der Waals surface area contributed by atoms with Crippen LogP contribution >= 0.6 is 27.5 Å². The number of nitrogens with one attached hydrogen (secondary N) is 1. The van der Waals surface area contributed by atoms with Crippen molar-refractivity contribution in [1.82, 2.24) is 9.85 Å². The summed E-state index contributed by atoms with van der Waals surface area (Å²) in [4.78, 5) is 0. The Morgan fingerprint density at radius 1 is 1.54 bits per heavy atom. The molecule has 1 aromatic heterocycles. The van der Waals surface area contributed by atoms with Gasteiger partial charge in [-0.1, -0.05) is 15.9 Å². The number of aromatic nitrogens is 1. The molecule has 0 saturated carbocycles. The molecule has 0 radical (unpaired) electrons. The van der Waals surface area contributed by atoms with Gasteiger partial charge in [0, 0.05) is 9.86 Å². The molecule has 2 rings (SSSR count). The van der Waals surface area contributed by atoms with Gasteiger partial charge in [0.2, 0.25) is 0 Å². The van der Waals surface area contributed by atoms with Gasteiger partial charge in [0.25, 0.3) is 0 Å². The minimum Gasteiger partial charge on any atom is -0.316 e. The van der Waals surface area contributed by atoms with Gasteiger partial charge < -0.3 is 5.21 Å². The second-order valence-corrected chi connectivity index (χ2v) is 4.33. The average Bonchev–Trinajstić information content (AvgIpc) is 2.49. The fourth-order valence-electron chi connectivity index (χ4n) is 1.16. The summed E-state index contributed by atoms with van der Waals surface area (Å²) in [6.07, 6.45) is 0. The summed E-state index contributed by atoms with van der Waals surface area (Å²) in [7, 11) is 0. The topological polar surface area (TPSA) is 45.1 Å². The molecule has 1 aromatic carbocycles. The first kappa shape index (κ1) is 9.08. The quantitative estimate of drug-likeness (QED) is 0.814. The van der Waals surface area contributed by atoms with E-state index in [0.29, 0.717) is 6.54 Å². The number of hydrogen-bond donors (Lipinski definition) is 2. The Morgan fingerprint density at radius 2 is 2.38 bits per heavy atom. The van der Waals surface area contributed by atoms with Crippen molar-refractivity contribution in [3.63, 3.8) is 0 Å². The second kappa shape index (κ2) is 3.71. The molecule has 1 heterocycles. The van der Waals surface area contributed by atoms with Gasteiger partial charge in [-0.05, 0) is 29.7 Å². The highest BCUT2D eigenvalue weighted by Gasteiger charge is 2.05. The molecule has 0 aliphatic carbocycles. The molecule has 2 aromatic rings. The molecule has 0 bridgehead atoms. The highest BCUT2D eigenvalue weighted by molar-refractivity contribution is 9.10. The van der Waals surface area contributed by atoms with Crippen LogP contribution in [0, 0.1) is 0 Å². The van der Waals surface area contributed by atoms with Gasteiger partial charge in [-0.15, -0.1) is 0 Å². The number of hydrogen-bond acceptors (Lipinski definition) is 4. The number of halogens is 1. The molecular weight excluding hydrogens is 252 g/mol. The summed E-state index contributed by atoms with van der Waals surface area (Å²) in [5.74, 6) is 0. The van der Waals surface area contributed by atoms with Crippen molar-refractivity contribution in [3.8, 4) is 0 Å². The molecular formula is C8H7BrN2OS. The average molecular weight is 259 g/mol. The zero-order valence-electron chi connectivity index (χ0n) is 6.62. The lowest BCUT2D eigenvalue weighted by molar-refractivity contribution is 0.160. The maximum atomic E-state index is 8.57. The largest absolute Gasteiger partial charge is 0.316 e. The van der Waals surface area contributed by atoms with Gasteiger partial charge in [-0.3, -0.25) is 0 Å². The number of benzene rings is 1. The Kier molecular flexibility index (Phi) is 2.59. The van der Waals surface area contributed by atoms with Crippen LogP contribution in [0.25, 0.3) is 10.1 Å². The maximum Gasteiger partial charge on any atom is 0.0782 e. The third kappa shape index (κ3) is 1.73. The molecule has 68 valence electrons. The maximum absolute atomic E-state index is 8.57. The Bertz CT molecular complexity index is 429. The van der Waals surface area contributed by atoms with Crippen LogP contribution in [0.1, 0.15) is 5.69 Å². The zero-order valence-corrected chi connectivity index (χ0v) is 9.02. The van der Waals surface area contributed by atoms with E-state index in [1.807, 2.05) is 18.2 Å². The molecule has 2 N–H and O–H groups in total. The van der Waals surface area contributed by atoms with E-state index in [4.69, 9.17) is 5.21 Å². The molecule has 3 nitrogen and oxygen atoms in total. The van der Waals surface area contributed by atoms with Crippen molar-refractivity contribution in [2.24, 2.45) is 0 Å². The lowest BCUT2D eigenvalue weighted by atomic mass is 10.2.